The summed E-state index contributed by atoms with van der Waals surface area (Å²) in [5.74, 6) is 0.849. The van der Waals surface area contributed by atoms with Crippen LogP contribution < -0.4 is 5.32 Å². The highest BCUT2D eigenvalue weighted by Crippen LogP contribution is 2.22. The van der Waals surface area contributed by atoms with Gasteiger partial charge in [-0.3, -0.25) is 4.90 Å². The number of nitrogens with one attached hydrogen (secondary N) is 1. The highest BCUT2D eigenvalue weighted by Gasteiger charge is 2.30. The average Bonchev–Trinajstić information content (AvgIpc) is 2.74. The summed E-state index contributed by atoms with van der Waals surface area (Å²) in [6.07, 6.45) is 4.39. The van der Waals surface area contributed by atoms with Gasteiger partial charge in [-0.2, -0.15) is 0 Å². The fourth-order valence-corrected chi connectivity index (χ4v) is 3.11. The van der Waals surface area contributed by atoms with E-state index in [1.165, 1.54) is 38.9 Å². The van der Waals surface area contributed by atoms with E-state index in [9.17, 15) is 0 Å². The van der Waals surface area contributed by atoms with Crippen molar-refractivity contribution in [3.8, 4) is 0 Å². The zero-order chi connectivity index (χ0) is 11.4. The highest BCUT2D eigenvalue weighted by atomic mass is 16.5. The van der Waals surface area contributed by atoms with E-state index in [0.717, 1.165) is 19.1 Å². The first-order valence-electron chi connectivity index (χ1n) is 6.87. The molecular formula is C13H26N2O. The fourth-order valence-electron chi connectivity index (χ4n) is 3.11. The largest absolute Gasteiger partial charge is 0.377 e. The molecule has 3 heteroatoms. The molecule has 16 heavy (non-hydrogen) atoms. The van der Waals surface area contributed by atoms with E-state index in [4.69, 9.17) is 4.74 Å². The number of rotatable bonds is 4. The van der Waals surface area contributed by atoms with Crippen LogP contribution in [0.1, 0.15) is 33.1 Å². The van der Waals surface area contributed by atoms with Crippen molar-refractivity contribution in [3.63, 3.8) is 0 Å². The lowest BCUT2D eigenvalue weighted by molar-refractivity contribution is 0.0670. The minimum atomic E-state index is 0.427. The van der Waals surface area contributed by atoms with Gasteiger partial charge >= 0.3 is 0 Å². The van der Waals surface area contributed by atoms with E-state index in [2.05, 4.69) is 24.1 Å². The van der Waals surface area contributed by atoms with Crippen molar-refractivity contribution >= 4 is 0 Å². The molecule has 0 bridgehead atoms. The average molecular weight is 226 g/mol. The Morgan fingerprint density at radius 2 is 2.25 bits per heavy atom. The fraction of sp³-hybridized carbons (Fsp3) is 1.00. The Bertz CT molecular complexity index is 204. The second kappa shape index (κ2) is 5.99. The Balaban J connectivity index is 1.84. The lowest BCUT2D eigenvalue weighted by Crippen LogP contribution is -2.45. The Labute approximate surface area is 99.5 Å². The van der Waals surface area contributed by atoms with Crippen molar-refractivity contribution in [1.29, 1.82) is 0 Å². The topological polar surface area (TPSA) is 24.5 Å². The Morgan fingerprint density at radius 3 is 2.81 bits per heavy atom. The standard InChI is InChI=1S/C13H26N2O/c1-3-15(13-6-8-16-11(13)2)10-12-5-4-7-14-9-12/h11-14H,3-10H2,1-2H3. The van der Waals surface area contributed by atoms with Gasteiger partial charge in [0.15, 0.2) is 0 Å². The van der Waals surface area contributed by atoms with Gasteiger partial charge in [0.1, 0.15) is 0 Å². The van der Waals surface area contributed by atoms with Gasteiger partial charge in [-0.05, 0) is 51.7 Å². The molecule has 2 heterocycles. The van der Waals surface area contributed by atoms with Crippen LogP contribution in [0.2, 0.25) is 0 Å². The van der Waals surface area contributed by atoms with Gasteiger partial charge in [0, 0.05) is 19.2 Å². The number of ether oxygens (including phenoxy) is 1. The van der Waals surface area contributed by atoms with Gasteiger partial charge in [-0.25, -0.2) is 0 Å². The number of hydrogen-bond donors (Lipinski definition) is 1. The van der Waals surface area contributed by atoms with Crippen LogP contribution in [0.3, 0.4) is 0 Å². The molecule has 1 N–H and O–H groups in total. The van der Waals surface area contributed by atoms with Crippen molar-refractivity contribution < 1.29 is 4.74 Å². The van der Waals surface area contributed by atoms with Gasteiger partial charge in [-0.15, -0.1) is 0 Å². The minimum Gasteiger partial charge on any atom is -0.377 e. The quantitative estimate of drug-likeness (QED) is 0.786. The summed E-state index contributed by atoms with van der Waals surface area (Å²) < 4.78 is 5.68. The van der Waals surface area contributed by atoms with E-state index < -0.39 is 0 Å². The van der Waals surface area contributed by atoms with Crippen LogP contribution in [0.4, 0.5) is 0 Å². The van der Waals surface area contributed by atoms with Crippen LogP contribution in [0, 0.1) is 5.92 Å². The number of hydrogen-bond acceptors (Lipinski definition) is 3. The summed E-state index contributed by atoms with van der Waals surface area (Å²) in [6, 6.07) is 0.659. The number of nitrogens with zero attached hydrogens (tertiary/aromatic N) is 1. The minimum absolute atomic E-state index is 0.427. The number of piperidine rings is 1. The van der Waals surface area contributed by atoms with Crippen LogP contribution in [0.5, 0.6) is 0 Å². The van der Waals surface area contributed by atoms with E-state index in [-0.39, 0.29) is 0 Å². The maximum atomic E-state index is 5.68. The van der Waals surface area contributed by atoms with Crippen LogP contribution >= 0.6 is 0 Å². The van der Waals surface area contributed by atoms with Crippen LogP contribution in [-0.4, -0.2) is 49.8 Å². The lowest BCUT2D eigenvalue weighted by atomic mass is 9.97. The van der Waals surface area contributed by atoms with Gasteiger partial charge in [0.05, 0.1) is 6.10 Å². The molecule has 2 aliphatic rings. The molecule has 94 valence electrons. The van der Waals surface area contributed by atoms with Crippen LogP contribution in [0.15, 0.2) is 0 Å². The summed E-state index contributed by atoms with van der Waals surface area (Å²) in [6.45, 7) is 10.3. The summed E-state index contributed by atoms with van der Waals surface area (Å²) in [7, 11) is 0. The summed E-state index contributed by atoms with van der Waals surface area (Å²) in [5.41, 5.74) is 0. The molecule has 3 unspecified atom stereocenters. The molecule has 2 saturated heterocycles. The van der Waals surface area contributed by atoms with Crippen molar-refractivity contribution in [1.82, 2.24) is 10.2 Å². The third-order valence-corrected chi connectivity index (χ3v) is 4.10. The Kier molecular flexibility index (Phi) is 4.62. The first-order chi connectivity index (χ1) is 7.81. The lowest BCUT2D eigenvalue weighted by Gasteiger charge is -2.34. The molecule has 3 atom stereocenters. The van der Waals surface area contributed by atoms with Crippen LogP contribution in [-0.2, 0) is 4.74 Å². The van der Waals surface area contributed by atoms with E-state index >= 15 is 0 Å². The molecule has 0 spiro atoms. The van der Waals surface area contributed by atoms with Crippen molar-refractivity contribution in [3.05, 3.63) is 0 Å². The first-order valence-corrected chi connectivity index (χ1v) is 6.87. The van der Waals surface area contributed by atoms with E-state index in [1.54, 1.807) is 0 Å². The molecule has 0 saturated carbocycles. The zero-order valence-electron chi connectivity index (χ0n) is 10.7. The molecule has 3 nitrogen and oxygen atoms in total. The van der Waals surface area contributed by atoms with Crippen molar-refractivity contribution in [2.24, 2.45) is 5.92 Å². The highest BCUT2D eigenvalue weighted by molar-refractivity contribution is 4.84. The normalized spacial score (nSPS) is 35.8. The molecule has 0 aromatic heterocycles. The summed E-state index contributed by atoms with van der Waals surface area (Å²) >= 11 is 0. The molecule has 2 fully saturated rings. The Morgan fingerprint density at radius 1 is 1.38 bits per heavy atom. The van der Waals surface area contributed by atoms with Crippen molar-refractivity contribution in [2.75, 3.05) is 32.8 Å². The third-order valence-electron chi connectivity index (χ3n) is 4.10. The van der Waals surface area contributed by atoms with Gasteiger partial charge in [0.2, 0.25) is 0 Å². The molecule has 0 radical (unpaired) electrons. The second-order valence-electron chi connectivity index (χ2n) is 5.23. The van der Waals surface area contributed by atoms with Gasteiger partial charge in [-0.1, -0.05) is 6.92 Å². The monoisotopic (exact) mass is 226 g/mol. The maximum absolute atomic E-state index is 5.68. The SMILES string of the molecule is CCN(CC1CCCNC1)C1CCOC1C. The maximum Gasteiger partial charge on any atom is 0.0703 e. The molecule has 2 aliphatic heterocycles. The molecule has 0 aliphatic carbocycles. The van der Waals surface area contributed by atoms with Gasteiger partial charge in [0.25, 0.3) is 0 Å². The van der Waals surface area contributed by atoms with Crippen LogP contribution in [0.25, 0.3) is 0 Å². The predicted octanol–water partition coefficient (Wildman–Crippen LogP) is 1.49. The first kappa shape index (κ1) is 12.3. The second-order valence-corrected chi connectivity index (χ2v) is 5.23. The molecule has 0 aromatic carbocycles. The molecule has 2 rings (SSSR count). The Hall–Kier alpha value is -0.120. The third kappa shape index (κ3) is 2.96. The van der Waals surface area contributed by atoms with Crippen molar-refractivity contribution in [2.45, 2.75) is 45.3 Å². The van der Waals surface area contributed by atoms with Gasteiger partial charge < -0.3 is 10.1 Å². The van der Waals surface area contributed by atoms with E-state index in [0.29, 0.717) is 12.1 Å². The zero-order valence-corrected chi connectivity index (χ0v) is 10.7. The molecule has 0 amide bonds. The molecule has 0 aromatic rings. The molecular weight excluding hydrogens is 200 g/mol. The predicted molar refractivity (Wildman–Crippen MR) is 66.7 cm³/mol. The van der Waals surface area contributed by atoms with E-state index in [1.807, 2.05) is 0 Å². The summed E-state index contributed by atoms with van der Waals surface area (Å²) in [4.78, 5) is 2.63. The summed E-state index contributed by atoms with van der Waals surface area (Å²) in [5, 5.41) is 3.51. The number of likely N-dealkylation sites (N-methyl/N-ethyl adjacent to an activating group) is 1. The smallest absolute Gasteiger partial charge is 0.0703 e.